The van der Waals surface area contributed by atoms with Crippen LogP contribution in [-0.2, 0) is 23.9 Å². The number of para-hydroxylation sites is 1. The number of amides is 2. The molecule has 0 saturated heterocycles. The molecule has 0 spiro atoms. The number of anilines is 1. The minimum absolute atomic E-state index is 0.199. The molecule has 0 radical (unpaired) electrons. The number of aromatic hydroxyl groups is 1. The van der Waals surface area contributed by atoms with Crippen LogP contribution in [0.25, 0.3) is 12.2 Å². The van der Waals surface area contributed by atoms with Crippen molar-refractivity contribution in [3.8, 4) is 5.75 Å². The van der Waals surface area contributed by atoms with Gasteiger partial charge >= 0.3 is 6.03 Å². The maximum atomic E-state index is 13.6. The molecule has 41 heavy (non-hydrogen) atoms. The largest absolute Gasteiger partial charge is 0.507 e. The molecule has 0 bridgehead atoms. The van der Waals surface area contributed by atoms with Crippen LogP contribution < -0.4 is 5.32 Å². The average Bonchev–Trinajstić information content (AvgIpc) is 2.92. The van der Waals surface area contributed by atoms with Gasteiger partial charge in [0, 0.05) is 29.6 Å². The molecule has 0 aliphatic rings. The van der Waals surface area contributed by atoms with Gasteiger partial charge in [-0.05, 0) is 57.9 Å². The van der Waals surface area contributed by atoms with Crippen LogP contribution in [0, 0.1) is 0 Å². The summed E-state index contributed by atoms with van der Waals surface area (Å²) in [6.45, 7) is 13.5. The molecule has 2 N–H and O–H groups in total. The molecule has 1 heterocycles. The second-order valence-corrected chi connectivity index (χ2v) is 12.5. The second-order valence-electron chi connectivity index (χ2n) is 12.5. The molecule has 5 heteroatoms. The second kappa shape index (κ2) is 12.4. The number of aromatic nitrogens is 1. The first-order valence-corrected chi connectivity index (χ1v) is 14.1. The summed E-state index contributed by atoms with van der Waals surface area (Å²) in [5.74, 6) is 0.362. The molecule has 0 fully saturated rings. The molecule has 4 aromatic rings. The molecule has 0 aliphatic carbocycles. The van der Waals surface area contributed by atoms with Crippen LogP contribution in [0.1, 0.15) is 75.1 Å². The van der Waals surface area contributed by atoms with Gasteiger partial charge in [-0.1, -0.05) is 108 Å². The van der Waals surface area contributed by atoms with E-state index in [0.717, 1.165) is 39.2 Å². The molecule has 0 unspecified atom stereocenters. The molecular weight excluding hydrogens is 506 g/mol. The Morgan fingerprint density at radius 2 is 1.41 bits per heavy atom. The number of phenolic OH excluding ortho intramolecular Hbond substituents is 1. The van der Waals surface area contributed by atoms with E-state index < -0.39 is 0 Å². The first-order chi connectivity index (χ1) is 19.4. The summed E-state index contributed by atoms with van der Waals surface area (Å²) in [4.78, 5) is 19.8. The van der Waals surface area contributed by atoms with Crippen LogP contribution in [0.4, 0.5) is 10.5 Å². The van der Waals surface area contributed by atoms with Gasteiger partial charge in [-0.2, -0.15) is 0 Å². The molecule has 3 aromatic carbocycles. The number of urea groups is 1. The molecule has 212 valence electrons. The quantitative estimate of drug-likeness (QED) is 0.227. The zero-order chi connectivity index (χ0) is 29.6. The zero-order valence-corrected chi connectivity index (χ0v) is 25.0. The van der Waals surface area contributed by atoms with E-state index >= 15 is 0 Å². The van der Waals surface area contributed by atoms with E-state index in [4.69, 9.17) is 0 Å². The minimum Gasteiger partial charge on any atom is -0.507 e. The third kappa shape index (κ3) is 7.85. The van der Waals surface area contributed by atoms with E-state index in [1.165, 1.54) is 0 Å². The summed E-state index contributed by atoms with van der Waals surface area (Å²) in [5.41, 5.74) is 5.88. The molecular formula is C36H41N3O2. The van der Waals surface area contributed by atoms with Crippen LogP contribution in [0.3, 0.4) is 0 Å². The van der Waals surface area contributed by atoms with E-state index in [-0.39, 0.29) is 16.9 Å². The predicted molar refractivity (Wildman–Crippen MR) is 170 cm³/mol. The summed E-state index contributed by atoms with van der Waals surface area (Å²) in [6.07, 6.45) is 5.80. The fourth-order valence-electron chi connectivity index (χ4n) is 4.72. The van der Waals surface area contributed by atoms with E-state index in [1.54, 1.807) is 11.1 Å². The van der Waals surface area contributed by atoms with Crippen molar-refractivity contribution in [3.05, 3.63) is 125 Å². The Hall–Kier alpha value is -4.38. The van der Waals surface area contributed by atoms with Gasteiger partial charge in [0.1, 0.15) is 5.75 Å². The minimum atomic E-state index is -0.213. The summed E-state index contributed by atoms with van der Waals surface area (Å²) in [6, 6.07) is 27.4. The number of benzene rings is 3. The summed E-state index contributed by atoms with van der Waals surface area (Å²) < 4.78 is 0. The Balaban J connectivity index is 1.63. The Morgan fingerprint density at radius 3 is 2.02 bits per heavy atom. The van der Waals surface area contributed by atoms with E-state index in [9.17, 15) is 9.90 Å². The average molecular weight is 548 g/mol. The Bertz CT molecular complexity index is 1420. The monoisotopic (exact) mass is 547 g/mol. The van der Waals surface area contributed by atoms with Crippen molar-refractivity contribution in [2.24, 2.45) is 0 Å². The number of hydrogen-bond donors (Lipinski definition) is 2. The van der Waals surface area contributed by atoms with Crippen LogP contribution in [0.5, 0.6) is 5.75 Å². The van der Waals surface area contributed by atoms with Crippen molar-refractivity contribution in [3.63, 3.8) is 0 Å². The lowest BCUT2D eigenvalue weighted by Crippen LogP contribution is -2.34. The molecule has 0 aliphatic heterocycles. The number of pyridine rings is 1. The van der Waals surface area contributed by atoms with Gasteiger partial charge in [0.15, 0.2) is 0 Å². The van der Waals surface area contributed by atoms with Gasteiger partial charge in [0.25, 0.3) is 0 Å². The van der Waals surface area contributed by atoms with Crippen LogP contribution in [0.15, 0.2) is 91.1 Å². The van der Waals surface area contributed by atoms with Crippen molar-refractivity contribution in [1.29, 1.82) is 0 Å². The van der Waals surface area contributed by atoms with Gasteiger partial charge < -0.3 is 15.3 Å². The fourth-order valence-corrected chi connectivity index (χ4v) is 4.72. The Labute approximate surface area is 244 Å². The van der Waals surface area contributed by atoms with Gasteiger partial charge in [0.2, 0.25) is 0 Å². The highest BCUT2D eigenvalue weighted by molar-refractivity contribution is 5.92. The van der Waals surface area contributed by atoms with Gasteiger partial charge in [-0.25, -0.2) is 4.79 Å². The molecule has 5 nitrogen and oxygen atoms in total. The highest BCUT2D eigenvalue weighted by Crippen LogP contribution is 2.40. The summed E-state index contributed by atoms with van der Waals surface area (Å²) >= 11 is 0. The van der Waals surface area contributed by atoms with E-state index in [2.05, 4.69) is 64.0 Å². The maximum Gasteiger partial charge on any atom is 0.322 e. The van der Waals surface area contributed by atoms with Gasteiger partial charge in [0.05, 0.1) is 12.2 Å². The molecule has 1 aromatic heterocycles. The molecule has 4 rings (SSSR count). The fraction of sp³-hybridized carbons (Fsp3) is 0.278. The zero-order valence-electron chi connectivity index (χ0n) is 25.0. The number of rotatable bonds is 7. The Kier molecular flexibility index (Phi) is 8.97. The normalized spacial score (nSPS) is 12.0. The lowest BCUT2D eigenvalue weighted by Gasteiger charge is -2.28. The number of hydrogen-bond acceptors (Lipinski definition) is 3. The Morgan fingerprint density at radius 1 is 0.805 bits per heavy atom. The topological polar surface area (TPSA) is 65.5 Å². The number of nitrogens with zero attached hydrogens (tertiary/aromatic N) is 2. The smallest absolute Gasteiger partial charge is 0.322 e. The number of carbonyl (C=O) groups excluding carboxylic acids is 1. The highest BCUT2D eigenvalue weighted by Gasteiger charge is 2.26. The number of phenols is 1. The first-order valence-electron chi connectivity index (χ1n) is 14.1. The summed E-state index contributed by atoms with van der Waals surface area (Å²) in [5, 5.41) is 14.2. The van der Waals surface area contributed by atoms with Crippen molar-refractivity contribution in [2.45, 2.75) is 65.5 Å². The number of carbonyl (C=O) groups is 1. The molecule has 0 atom stereocenters. The maximum absolute atomic E-state index is 13.6. The lowest BCUT2D eigenvalue weighted by molar-refractivity contribution is 0.205. The lowest BCUT2D eigenvalue weighted by atomic mass is 9.78. The van der Waals surface area contributed by atoms with Crippen LogP contribution >= 0.6 is 0 Å². The van der Waals surface area contributed by atoms with Crippen LogP contribution in [-0.4, -0.2) is 21.0 Å². The van der Waals surface area contributed by atoms with Crippen LogP contribution in [0.2, 0.25) is 0 Å². The van der Waals surface area contributed by atoms with Gasteiger partial charge in [-0.3, -0.25) is 4.98 Å². The van der Waals surface area contributed by atoms with Gasteiger partial charge in [-0.15, -0.1) is 0 Å². The highest BCUT2D eigenvalue weighted by atomic mass is 16.3. The summed E-state index contributed by atoms with van der Waals surface area (Å²) in [7, 11) is 0. The van der Waals surface area contributed by atoms with E-state index in [0.29, 0.717) is 18.8 Å². The SMILES string of the molecule is CC(C)(C)c1cc(/C=C/c2ccccc2NC(=O)N(Cc2ccccc2)Cc2ccccn2)cc(C(C)(C)C)c1O. The third-order valence-corrected chi connectivity index (χ3v) is 6.99. The van der Waals surface area contributed by atoms with Crippen molar-refractivity contribution >= 4 is 23.9 Å². The van der Waals surface area contributed by atoms with Crippen molar-refractivity contribution in [2.75, 3.05) is 5.32 Å². The number of nitrogens with one attached hydrogen (secondary N) is 1. The third-order valence-electron chi connectivity index (χ3n) is 6.99. The van der Waals surface area contributed by atoms with Crippen molar-refractivity contribution < 1.29 is 9.90 Å². The van der Waals surface area contributed by atoms with Crippen molar-refractivity contribution in [1.82, 2.24) is 9.88 Å². The molecule has 0 saturated carbocycles. The standard InChI is InChI=1S/C36H41N3O2/c1-35(2,3)30-22-27(23-31(33(30)40)36(4,5)6)19-20-28-16-10-11-18-32(28)38-34(41)39(24-26-14-8-7-9-15-26)25-29-17-12-13-21-37-29/h7-23,40H,24-25H2,1-6H3,(H,38,41)/b20-19+. The molecule has 2 amide bonds. The first kappa shape index (κ1) is 29.6. The van der Waals surface area contributed by atoms with E-state index in [1.807, 2.05) is 84.9 Å². The predicted octanol–water partition coefficient (Wildman–Crippen LogP) is 8.79.